The number of primary amides is 1. The van der Waals surface area contributed by atoms with Crippen molar-refractivity contribution in [2.24, 2.45) is 28.9 Å². The molecule has 228 valence electrons. The summed E-state index contributed by atoms with van der Waals surface area (Å²) in [6, 6.07) is -2.21. The Balaban J connectivity index is 1.53. The van der Waals surface area contributed by atoms with Crippen LogP contribution in [-0.4, -0.2) is 77.2 Å². The first-order valence-electron chi connectivity index (χ1n) is 14.1. The molecule has 4 rings (SSSR count). The largest absolute Gasteiger partial charge is 0.481 e. The molecule has 4 atom stereocenters. The number of carboxylic acid groups (broad SMARTS) is 1. The van der Waals surface area contributed by atoms with Crippen molar-refractivity contribution in [3.63, 3.8) is 0 Å². The summed E-state index contributed by atoms with van der Waals surface area (Å²) >= 11 is 0. The van der Waals surface area contributed by atoms with Crippen LogP contribution in [0.4, 0.5) is 0 Å². The molecular weight excluding hydrogens is 536 g/mol. The number of aliphatic carboxylic acids is 1. The van der Waals surface area contributed by atoms with Crippen LogP contribution in [0.1, 0.15) is 72.1 Å². The summed E-state index contributed by atoms with van der Waals surface area (Å²) in [5.74, 6) is -4.02. The molecule has 14 nitrogen and oxygen atoms in total. The number of rotatable bonds is 14. The molecule has 0 aromatic rings. The minimum atomic E-state index is -1.36. The summed E-state index contributed by atoms with van der Waals surface area (Å²) in [6.07, 6.45) is 4.32. The molecule has 6 amide bonds. The average Bonchev–Trinajstić information content (AvgIpc) is 2.83. The van der Waals surface area contributed by atoms with E-state index in [9.17, 15) is 33.6 Å². The van der Waals surface area contributed by atoms with Crippen molar-refractivity contribution in [1.82, 2.24) is 26.6 Å². The van der Waals surface area contributed by atoms with Crippen molar-refractivity contribution < 1.29 is 38.7 Å². The van der Waals surface area contributed by atoms with E-state index in [4.69, 9.17) is 10.8 Å². The molecule has 0 saturated heterocycles. The lowest BCUT2D eigenvalue weighted by Crippen LogP contribution is -2.67. The number of hydrogen-bond acceptors (Lipinski definition) is 7. The van der Waals surface area contributed by atoms with Crippen molar-refractivity contribution in [3.05, 3.63) is 0 Å². The first kappa shape index (κ1) is 31.8. The van der Waals surface area contributed by atoms with E-state index in [0.29, 0.717) is 24.7 Å². The van der Waals surface area contributed by atoms with Crippen LogP contribution in [0.2, 0.25) is 0 Å². The van der Waals surface area contributed by atoms with Gasteiger partial charge in [-0.25, -0.2) is 0 Å². The van der Waals surface area contributed by atoms with Crippen molar-refractivity contribution >= 4 is 41.4 Å². The second-order valence-electron chi connectivity index (χ2n) is 12.5. The third-order valence-corrected chi connectivity index (χ3v) is 8.27. The first-order valence-corrected chi connectivity index (χ1v) is 14.1. The fourth-order valence-electron chi connectivity index (χ4n) is 7.16. The van der Waals surface area contributed by atoms with Gasteiger partial charge in [-0.2, -0.15) is 0 Å². The molecule has 8 N–H and O–H groups in total. The van der Waals surface area contributed by atoms with Crippen LogP contribution in [0.5, 0.6) is 0 Å². The Kier molecular flexibility index (Phi) is 9.98. The highest BCUT2D eigenvalue weighted by molar-refractivity contribution is 5.94. The zero-order valence-corrected chi connectivity index (χ0v) is 23.8. The third-order valence-electron chi connectivity index (χ3n) is 8.27. The van der Waals surface area contributed by atoms with Gasteiger partial charge in [-0.1, -0.05) is 13.8 Å². The van der Waals surface area contributed by atoms with Crippen LogP contribution in [0, 0.1) is 23.2 Å². The molecule has 2 unspecified atom stereocenters. The summed E-state index contributed by atoms with van der Waals surface area (Å²) in [5.41, 5.74) is 4.69. The van der Waals surface area contributed by atoms with E-state index in [1.54, 1.807) is 0 Å². The molecule has 0 heterocycles. The summed E-state index contributed by atoms with van der Waals surface area (Å²) in [4.78, 5) is 85.0. The molecule has 14 heteroatoms. The van der Waals surface area contributed by atoms with Crippen LogP contribution in [0.3, 0.4) is 0 Å². The fraction of sp³-hybridized carbons (Fsp3) is 0.741. The summed E-state index contributed by atoms with van der Waals surface area (Å²) in [7, 11) is 0. The van der Waals surface area contributed by atoms with Crippen LogP contribution in [0.25, 0.3) is 0 Å². The average molecular weight is 579 g/mol. The Bertz CT molecular complexity index is 1060. The van der Waals surface area contributed by atoms with Crippen molar-refractivity contribution in [1.29, 1.82) is 0 Å². The highest BCUT2D eigenvalue weighted by Crippen LogP contribution is 2.61. The highest BCUT2D eigenvalue weighted by atomic mass is 16.4. The molecule has 4 bridgehead atoms. The maximum Gasteiger partial charge on any atom is 0.305 e. The lowest BCUT2D eigenvalue weighted by molar-refractivity contribution is -0.151. The van der Waals surface area contributed by atoms with Gasteiger partial charge in [-0.05, 0) is 62.7 Å². The Morgan fingerprint density at radius 2 is 1.46 bits per heavy atom. The van der Waals surface area contributed by atoms with Crippen molar-refractivity contribution in [2.45, 2.75) is 89.8 Å². The molecule has 0 aromatic carbocycles. The van der Waals surface area contributed by atoms with Gasteiger partial charge in [0.25, 0.3) is 0 Å². The van der Waals surface area contributed by atoms with Gasteiger partial charge >= 0.3 is 5.97 Å². The van der Waals surface area contributed by atoms with Crippen LogP contribution < -0.4 is 32.3 Å². The minimum absolute atomic E-state index is 0.0755. The topological polar surface area (TPSA) is 226 Å². The maximum absolute atomic E-state index is 13.5. The minimum Gasteiger partial charge on any atom is -0.481 e. The Hall–Kier alpha value is -3.71. The third kappa shape index (κ3) is 8.40. The molecule has 41 heavy (non-hydrogen) atoms. The van der Waals surface area contributed by atoms with Crippen molar-refractivity contribution in [3.8, 4) is 0 Å². The van der Waals surface area contributed by atoms with Gasteiger partial charge in [0.15, 0.2) is 0 Å². The van der Waals surface area contributed by atoms with Gasteiger partial charge in [-0.3, -0.25) is 33.6 Å². The lowest BCUT2D eigenvalue weighted by Gasteiger charge is -2.61. The van der Waals surface area contributed by atoms with Crippen LogP contribution in [-0.2, 0) is 33.6 Å². The van der Waals surface area contributed by atoms with Gasteiger partial charge in [0, 0.05) is 12.5 Å². The van der Waals surface area contributed by atoms with E-state index in [1.165, 1.54) is 0 Å². The van der Waals surface area contributed by atoms with Gasteiger partial charge in [-0.15, -0.1) is 0 Å². The Labute approximate surface area is 238 Å². The van der Waals surface area contributed by atoms with E-state index in [-0.39, 0.29) is 17.7 Å². The SMILES string of the molecule is CC(=O)N[C@@H](CC(=O)O)C(=O)NCC(=O)NCC(=O)N[C@@H](CC(C)C)C(=O)NC12CC3CC(C1)CC(C(N)=O)(C3)C2. The summed E-state index contributed by atoms with van der Waals surface area (Å²) in [5, 5.41) is 21.6. The number of nitrogens with one attached hydrogen (secondary N) is 5. The standard InChI is InChI=1S/C27H42N6O8/c1-14(2)4-18(24(40)33-27-9-16-5-17(10-27)8-26(7-16,13-27)25(28)41)32-21(36)12-29-20(35)11-30-23(39)19(6-22(37)38)31-15(3)34/h14,16-19H,4-13H2,1-3H3,(H2,28,41)(H,29,35)(H,30,39)(H,31,34)(H,32,36)(H,33,40)(H,37,38)/t16?,17?,18-,19-,26?,27?/m0/s1. The number of carbonyl (C=O) groups is 7. The Morgan fingerprint density at radius 3 is 2.00 bits per heavy atom. The van der Waals surface area contributed by atoms with Gasteiger partial charge < -0.3 is 37.4 Å². The maximum atomic E-state index is 13.5. The monoisotopic (exact) mass is 578 g/mol. The molecule has 0 radical (unpaired) electrons. The molecule has 0 aliphatic heterocycles. The molecular formula is C27H42N6O8. The van der Waals surface area contributed by atoms with E-state index < -0.39 is 72.1 Å². The van der Waals surface area contributed by atoms with Gasteiger partial charge in [0.2, 0.25) is 35.4 Å². The van der Waals surface area contributed by atoms with Gasteiger partial charge in [0.1, 0.15) is 12.1 Å². The molecule has 0 spiro atoms. The first-order chi connectivity index (χ1) is 19.1. The molecule has 4 fully saturated rings. The van der Waals surface area contributed by atoms with E-state index in [0.717, 1.165) is 39.0 Å². The molecule has 4 saturated carbocycles. The van der Waals surface area contributed by atoms with Gasteiger partial charge in [0.05, 0.1) is 24.9 Å². The van der Waals surface area contributed by atoms with E-state index in [1.807, 2.05) is 13.8 Å². The predicted octanol–water partition coefficient (Wildman–Crippen LogP) is -1.33. The van der Waals surface area contributed by atoms with E-state index >= 15 is 0 Å². The zero-order valence-electron chi connectivity index (χ0n) is 23.8. The smallest absolute Gasteiger partial charge is 0.305 e. The summed E-state index contributed by atoms with van der Waals surface area (Å²) in [6.45, 7) is 3.95. The lowest BCUT2D eigenvalue weighted by atomic mass is 9.46. The summed E-state index contributed by atoms with van der Waals surface area (Å²) < 4.78 is 0. The number of carbonyl (C=O) groups excluding carboxylic acids is 6. The number of amides is 6. The van der Waals surface area contributed by atoms with E-state index in [2.05, 4.69) is 26.6 Å². The number of hydrogen-bond donors (Lipinski definition) is 7. The Morgan fingerprint density at radius 1 is 0.854 bits per heavy atom. The van der Waals surface area contributed by atoms with Crippen molar-refractivity contribution in [2.75, 3.05) is 13.1 Å². The normalized spacial score (nSPS) is 27.3. The predicted molar refractivity (Wildman–Crippen MR) is 144 cm³/mol. The molecule has 0 aromatic heterocycles. The quantitative estimate of drug-likeness (QED) is 0.130. The highest BCUT2D eigenvalue weighted by Gasteiger charge is 2.60. The zero-order chi connectivity index (χ0) is 30.5. The second-order valence-corrected chi connectivity index (χ2v) is 12.5. The second kappa shape index (κ2) is 12.9. The molecule has 4 aliphatic carbocycles. The number of carboxylic acids is 1. The molecule has 4 aliphatic rings. The number of nitrogens with two attached hydrogens (primary N) is 1. The van der Waals surface area contributed by atoms with Crippen LogP contribution >= 0.6 is 0 Å². The van der Waals surface area contributed by atoms with Crippen LogP contribution in [0.15, 0.2) is 0 Å². The fourth-order valence-corrected chi connectivity index (χ4v) is 7.16.